The summed E-state index contributed by atoms with van der Waals surface area (Å²) in [5.74, 6) is -0.116. The minimum absolute atomic E-state index is 0.116. The molecular weight excluding hydrogens is 334 g/mol. The molecule has 0 saturated carbocycles. The van der Waals surface area contributed by atoms with Crippen molar-refractivity contribution in [3.05, 3.63) is 65.4 Å². The first-order chi connectivity index (χ1) is 12.9. The molecule has 1 heterocycles. The smallest absolute Gasteiger partial charge is 0.254 e. The fraction of sp³-hybridized carbons (Fsp3) is 0.304. The number of amides is 1. The van der Waals surface area contributed by atoms with Crippen LogP contribution in [-0.2, 0) is 0 Å². The first kappa shape index (κ1) is 19.1. The summed E-state index contributed by atoms with van der Waals surface area (Å²) in [5.41, 5.74) is 4.88. The van der Waals surface area contributed by atoms with Gasteiger partial charge in [-0.2, -0.15) is 0 Å². The van der Waals surface area contributed by atoms with Crippen LogP contribution in [0.15, 0.2) is 48.7 Å². The molecule has 0 spiro atoms. The Morgan fingerprint density at radius 1 is 1.00 bits per heavy atom. The van der Waals surface area contributed by atoms with E-state index in [0.29, 0.717) is 11.6 Å². The number of carbonyl (C=O) groups excluding carboxylic acids is 1. The van der Waals surface area contributed by atoms with Gasteiger partial charge < -0.3 is 5.32 Å². The Kier molecular flexibility index (Phi) is 5.57. The molecule has 1 amide bonds. The highest BCUT2D eigenvalue weighted by molar-refractivity contribution is 6.10. The van der Waals surface area contributed by atoms with Gasteiger partial charge in [-0.25, -0.2) is 0 Å². The van der Waals surface area contributed by atoms with E-state index in [1.165, 1.54) is 5.56 Å². The van der Waals surface area contributed by atoms with Gasteiger partial charge in [0.2, 0.25) is 0 Å². The molecule has 27 heavy (non-hydrogen) atoms. The van der Waals surface area contributed by atoms with E-state index in [9.17, 15) is 4.79 Å². The highest BCUT2D eigenvalue weighted by Crippen LogP contribution is 2.31. The Morgan fingerprint density at radius 2 is 1.74 bits per heavy atom. The number of nitrogens with one attached hydrogen (secondary N) is 2. The van der Waals surface area contributed by atoms with E-state index in [1.807, 2.05) is 26.0 Å². The first-order valence-electron chi connectivity index (χ1n) is 9.39. The van der Waals surface area contributed by atoms with Crippen LogP contribution < -0.4 is 10.6 Å². The number of fused-ring (bicyclic) bond motifs is 1. The molecule has 4 heteroatoms. The molecular formula is C23H27N3O. The molecule has 0 fully saturated rings. The highest BCUT2D eigenvalue weighted by atomic mass is 16.1. The lowest BCUT2D eigenvalue weighted by Crippen LogP contribution is -2.46. The minimum atomic E-state index is -0.117. The van der Waals surface area contributed by atoms with Crippen LogP contribution in [0.25, 0.3) is 22.0 Å². The number of aryl methyl sites for hydroxylation is 2. The summed E-state index contributed by atoms with van der Waals surface area (Å²) in [6, 6.07) is 14.7. The molecule has 4 nitrogen and oxygen atoms in total. The van der Waals surface area contributed by atoms with Gasteiger partial charge in [0.15, 0.2) is 0 Å². The molecule has 0 aliphatic heterocycles. The summed E-state index contributed by atoms with van der Waals surface area (Å²) in [7, 11) is 0. The topological polar surface area (TPSA) is 54.0 Å². The molecule has 1 atom stereocenters. The third-order valence-electron chi connectivity index (χ3n) is 4.62. The standard InChI is InChI=1S/C23H27N3O/c1-14(2)25-17(5)26-23(27)21-13-24-22(18-9-7-6-8-16(18)4)19-11-10-15(3)12-20(19)21/h6-14,17,25H,1-5H3,(H,26,27). The van der Waals surface area contributed by atoms with Crippen LogP contribution in [0.1, 0.15) is 42.3 Å². The molecule has 1 unspecified atom stereocenters. The van der Waals surface area contributed by atoms with Crippen molar-refractivity contribution in [1.29, 1.82) is 0 Å². The van der Waals surface area contributed by atoms with E-state index in [2.05, 4.69) is 66.7 Å². The van der Waals surface area contributed by atoms with Gasteiger partial charge in [-0.05, 0) is 45.6 Å². The van der Waals surface area contributed by atoms with Gasteiger partial charge in [0.1, 0.15) is 0 Å². The predicted octanol–water partition coefficient (Wildman–Crippen LogP) is 4.59. The fourth-order valence-electron chi connectivity index (χ4n) is 3.41. The summed E-state index contributed by atoms with van der Waals surface area (Å²) in [6.45, 7) is 10.2. The zero-order valence-corrected chi connectivity index (χ0v) is 16.6. The van der Waals surface area contributed by atoms with Gasteiger partial charge in [-0.3, -0.25) is 15.1 Å². The van der Waals surface area contributed by atoms with Crippen LogP contribution in [-0.4, -0.2) is 23.1 Å². The monoisotopic (exact) mass is 361 g/mol. The average molecular weight is 361 g/mol. The normalized spacial score (nSPS) is 12.4. The Hall–Kier alpha value is -2.72. The van der Waals surface area contributed by atoms with Crippen molar-refractivity contribution in [1.82, 2.24) is 15.6 Å². The Bertz CT molecular complexity index is 979. The number of hydrogen-bond acceptors (Lipinski definition) is 3. The summed E-state index contributed by atoms with van der Waals surface area (Å²) in [5, 5.41) is 8.24. The lowest BCUT2D eigenvalue weighted by molar-refractivity contribution is 0.0933. The van der Waals surface area contributed by atoms with Crippen molar-refractivity contribution in [2.75, 3.05) is 0 Å². The van der Waals surface area contributed by atoms with Crippen LogP contribution in [0.5, 0.6) is 0 Å². The molecule has 0 saturated heterocycles. The number of nitrogens with zero attached hydrogens (tertiary/aromatic N) is 1. The molecule has 1 aromatic heterocycles. The molecule has 2 aromatic carbocycles. The zero-order valence-electron chi connectivity index (χ0n) is 16.6. The SMILES string of the molecule is Cc1ccc2c(-c3ccccc3C)ncc(C(=O)NC(C)NC(C)C)c2c1. The Balaban J connectivity index is 2.08. The Morgan fingerprint density at radius 3 is 2.44 bits per heavy atom. The predicted molar refractivity (Wildman–Crippen MR) is 112 cm³/mol. The van der Waals surface area contributed by atoms with Crippen LogP contribution in [0, 0.1) is 13.8 Å². The summed E-state index contributed by atoms with van der Waals surface area (Å²) in [4.78, 5) is 17.6. The van der Waals surface area contributed by atoms with Crippen molar-refractivity contribution in [3.63, 3.8) is 0 Å². The van der Waals surface area contributed by atoms with Crippen molar-refractivity contribution in [2.24, 2.45) is 0 Å². The third kappa shape index (κ3) is 4.17. The van der Waals surface area contributed by atoms with Gasteiger partial charge in [0.25, 0.3) is 5.91 Å². The van der Waals surface area contributed by atoms with Crippen molar-refractivity contribution < 1.29 is 4.79 Å². The first-order valence-corrected chi connectivity index (χ1v) is 9.39. The van der Waals surface area contributed by atoms with Crippen molar-refractivity contribution >= 4 is 16.7 Å². The minimum Gasteiger partial charge on any atom is -0.337 e. The summed E-state index contributed by atoms with van der Waals surface area (Å²) >= 11 is 0. The Labute approximate surface area is 161 Å². The highest BCUT2D eigenvalue weighted by Gasteiger charge is 2.17. The van der Waals surface area contributed by atoms with Crippen LogP contribution in [0.4, 0.5) is 0 Å². The largest absolute Gasteiger partial charge is 0.337 e. The molecule has 3 rings (SSSR count). The van der Waals surface area contributed by atoms with Gasteiger partial charge in [0, 0.05) is 23.2 Å². The maximum Gasteiger partial charge on any atom is 0.254 e. The lowest BCUT2D eigenvalue weighted by Gasteiger charge is -2.19. The second-order valence-corrected chi connectivity index (χ2v) is 7.40. The number of hydrogen-bond donors (Lipinski definition) is 2. The van der Waals surface area contributed by atoms with Gasteiger partial charge >= 0.3 is 0 Å². The van der Waals surface area contributed by atoms with E-state index in [-0.39, 0.29) is 12.1 Å². The van der Waals surface area contributed by atoms with Crippen molar-refractivity contribution in [2.45, 2.75) is 46.8 Å². The van der Waals surface area contributed by atoms with Gasteiger partial charge in [-0.1, -0.05) is 48.0 Å². The molecule has 0 aliphatic rings. The van der Waals surface area contributed by atoms with E-state index in [0.717, 1.165) is 27.6 Å². The van der Waals surface area contributed by atoms with Gasteiger partial charge in [-0.15, -0.1) is 0 Å². The second-order valence-electron chi connectivity index (χ2n) is 7.40. The van der Waals surface area contributed by atoms with E-state index in [4.69, 9.17) is 0 Å². The van der Waals surface area contributed by atoms with E-state index in [1.54, 1.807) is 6.20 Å². The second kappa shape index (κ2) is 7.89. The molecule has 140 valence electrons. The van der Waals surface area contributed by atoms with Crippen LogP contribution in [0.3, 0.4) is 0 Å². The molecule has 3 aromatic rings. The average Bonchev–Trinajstić information content (AvgIpc) is 2.60. The number of rotatable bonds is 5. The number of carbonyl (C=O) groups is 1. The van der Waals surface area contributed by atoms with Gasteiger partial charge in [0.05, 0.1) is 17.4 Å². The molecule has 0 bridgehead atoms. The quantitative estimate of drug-likeness (QED) is 0.654. The summed E-state index contributed by atoms with van der Waals surface area (Å²) in [6.07, 6.45) is 1.58. The fourth-order valence-corrected chi connectivity index (χ4v) is 3.41. The molecule has 0 aliphatic carbocycles. The third-order valence-corrected chi connectivity index (χ3v) is 4.62. The maximum absolute atomic E-state index is 12.9. The van der Waals surface area contributed by atoms with Crippen molar-refractivity contribution in [3.8, 4) is 11.3 Å². The van der Waals surface area contributed by atoms with Crippen LogP contribution in [0.2, 0.25) is 0 Å². The number of pyridine rings is 1. The van der Waals surface area contributed by atoms with Crippen LogP contribution >= 0.6 is 0 Å². The van der Waals surface area contributed by atoms with E-state index >= 15 is 0 Å². The maximum atomic E-state index is 12.9. The van der Waals surface area contributed by atoms with E-state index < -0.39 is 0 Å². The number of aromatic nitrogens is 1. The zero-order chi connectivity index (χ0) is 19.6. The number of benzene rings is 2. The lowest BCUT2D eigenvalue weighted by atomic mass is 9.96. The summed E-state index contributed by atoms with van der Waals surface area (Å²) < 4.78 is 0. The molecule has 2 N–H and O–H groups in total. The molecule has 0 radical (unpaired) electrons.